The number of benzene rings is 1. The highest BCUT2D eigenvalue weighted by Crippen LogP contribution is 2.42. The number of esters is 1. The van der Waals surface area contributed by atoms with E-state index < -0.39 is 11.6 Å². The van der Waals surface area contributed by atoms with Crippen LogP contribution in [-0.2, 0) is 4.79 Å². The fraction of sp³-hybridized carbons (Fsp3) is 0.708. The number of hydrogen-bond donors (Lipinski definition) is 0. The Morgan fingerprint density at radius 1 is 0.964 bits per heavy atom. The monoisotopic (exact) mass is 392 g/mol. The lowest BCUT2D eigenvalue weighted by molar-refractivity contribution is -0.140. The van der Waals surface area contributed by atoms with Gasteiger partial charge in [-0.1, -0.05) is 45.4 Å². The third kappa shape index (κ3) is 5.78. The van der Waals surface area contributed by atoms with Gasteiger partial charge in [0.15, 0.2) is 11.6 Å². The molecule has 0 atom stereocenters. The first-order chi connectivity index (χ1) is 13.6. The number of ether oxygens (including phenoxy) is 1. The molecule has 28 heavy (non-hydrogen) atoms. The van der Waals surface area contributed by atoms with Gasteiger partial charge in [0.05, 0.1) is 5.92 Å². The average Bonchev–Trinajstić information content (AvgIpc) is 2.71. The zero-order valence-corrected chi connectivity index (χ0v) is 17.1. The molecule has 0 aromatic heterocycles. The number of rotatable bonds is 7. The summed E-state index contributed by atoms with van der Waals surface area (Å²) in [5.74, 6) is 0.275. The van der Waals surface area contributed by atoms with Crippen LogP contribution in [0.5, 0.6) is 5.75 Å². The van der Waals surface area contributed by atoms with E-state index in [1.165, 1.54) is 57.4 Å². The van der Waals surface area contributed by atoms with Crippen LogP contribution in [-0.4, -0.2) is 5.97 Å². The van der Waals surface area contributed by atoms with E-state index in [1.54, 1.807) is 0 Å². The Labute approximate surface area is 168 Å². The summed E-state index contributed by atoms with van der Waals surface area (Å²) in [6.07, 6.45) is 14.7. The largest absolute Gasteiger partial charge is 0.423 e. The first-order valence-corrected chi connectivity index (χ1v) is 11.2. The summed E-state index contributed by atoms with van der Waals surface area (Å²) in [6.45, 7) is 2.26. The molecule has 2 nitrogen and oxygen atoms in total. The molecule has 0 saturated heterocycles. The van der Waals surface area contributed by atoms with Gasteiger partial charge in [-0.05, 0) is 68.4 Å². The number of hydrogen-bond acceptors (Lipinski definition) is 2. The Hall–Kier alpha value is -1.45. The summed E-state index contributed by atoms with van der Waals surface area (Å²) >= 11 is 0. The first-order valence-electron chi connectivity index (χ1n) is 11.2. The Kier molecular flexibility index (Phi) is 7.87. The Bertz CT molecular complexity index is 629. The number of unbranched alkanes of at least 4 members (excludes halogenated alkanes) is 2. The minimum Gasteiger partial charge on any atom is -0.423 e. The Balaban J connectivity index is 1.40. The zero-order valence-electron chi connectivity index (χ0n) is 17.1. The van der Waals surface area contributed by atoms with Crippen molar-refractivity contribution in [3.63, 3.8) is 0 Å². The molecule has 2 saturated carbocycles. The average molecular weight is 393 g/mol. The summed E-state index contributed by atoms with van der Waals surface area (Å²) < 4.78 is 31.9. The van der Waals surface area contributed by atoms with Crippen LogP contribution in [0.25, 0.3) is 0 Å². The van der Waals surface area contributed by atoms with Crippen molar-refractivity contribution in [2.75, 3.05) is 0 Å². The van der Waals surface area contributed by atoms with Gasteiger partial charge in [0.2, 0.25) is 0 Å². The van der Waals surface area contributed by atoms with Crippen molar-refractivity contribution in [2.45, 2.75) is 84.0 Å². The smallest absolute Gasteiger partial charge is 0.314 e. The van der Waals surface area contributed by atoms with E-state index in [-0.39, 0.29) is 17.6 Å². The molecule has 2 aliphatic carbocycles. The lowest BCUT2D eigenvalue weighted by atomic mass is 9.68. The molecule has 2 aliphatic rings. The van der Waals surface area contributed by atoms with Crippen LogP contribution in [0, 0.1) is 35.3 Å². The summed E-state index contributed by atoms with van der Waals surface area (Å²) in [5, 5.41) is 0. The van der Waals surface area contributed by atoms with E-state index in [4.69, 9.17) is 4.74 Å². The van der Waals surface area contributed by atoms with E-state index in [0.717, 1.165) is 55.6 Å². The van der Waals surface area contributed by atoms with Crippen molar-refractivity contribution in [3.05, 3.63) is 29.8 Å². The second-order valence-electron chi connectivity index (χ2n) is 8.88. The molecule has 0 heterocycles. The van der Waals surface area contributed by atoms with E-state index in [9.17, 15) is 13.6 Å². The van der Waals surface area contributed by atoms with Gasteiger partial charge >= 0.3 is 5.97 Å². The summed E-state index contributed by atoms with van der Waals surface area (Å²) in [5.41, 5.74) is 0. The van der Waals surface area contributed by atoms with Crippen LogP contribution in [0.3, 0.4) is 0 Å². The Morgan fingerprint density at radius 3 is 2.21 bits per heavy atom. The fourth-order valence-electron chi connectivity index (χ4n) is 5.21. The molecule has 1 aromatic rings. The molecule has 0 N–H and O–H groups in total. The van der Waals surface area contributed by atoms with Gasteiger partial charge in [0.1, 0.15) is 5.82 Å². The van der Waals surface area contributed by atoms with Gasteiger partial charge in [-0.2, -0.15) is 0 Å². The highest BCUT2D eigenvalue weighted by molar-refractivity contribution is 5.75. The molecule has 2 fully saturated rings. The molecule has 0 aliphatic heterocycles. The maximum absolute atomic E-state index is 13.7. The standard InChI is InChI=1S/C24H34F2O2/c1-2-3-4-5-17-6-8-18(9-7-17)19-10-12-20(13-11-19)24(27)28-23-15-14-21(25)16-22(23)26/h14-20H,2-13H2,1H3. The lowest BCUT2D eigenvalue weighted by Crippen LogP contribution is -2.30. The van der Waals surface area contributed by atoms with Crippen LogP contribution < -0.4 is 4.74 Å². The van der Waals surface area contributed by atoms with Gasteiger partial charge in [0, 0.05) is 6.07 Å². The summed E-state index contributed by atoms with van der Waals surface area (Å²) in [6, 6.07) is 3.05. The van der Waals surface area contributed by atoms with Crippen molar-refractivity contribution < 1.29 is 18.3 Å². The molecule has 0 spiro atoms. The van der Waals surface area contributed by atoms with Crippen LogP contribution in [0.4, 0.5) is 8.78 Å². The minimum absolute atomic E-state index is 0.161. The topological polar surface area (TPSA) is 26.3 Å². The Morgan fingerprint density at radius 2 is 1.61 bits per heavy atom. The molecular weight excluding hydrogens is 358 g/mol. The lowest BCUT2D eigenvalue weighted by Gasteiger charge is -2.37. The second-order valence-corrected chi connectivity index (χ2v) is 8.88. The molecular formula is C24H34F2O2. The SMILES string of the molecule is CCCCCC1CCC(C2CCC(C(=O)Oc3ccc(F)cc3F)CC2)CC1. The van der Waals surface area contributed by atoms with Gasteiger partial charge in [-0.15, -0.1) is 0 Å². The predicted octanol–water partition coefficient (Wildman–Crippen LogP) is 7.06. The molecule has 0 radical (unpaired) electrons. The predicted molar refractivity (Wildman–Crippen MR) is 107 cm³/mol. The highest BCUT2D eigenvalue weighted by Gasteiger charge is 2.33. The maximum atomic E-state index is 13.7. The van der Waals surface area contributed by atoms with Crippen molar-refractivity contribution in [1.82, 2.24) is 0 Å². The third-order valence-electron chi connectivity index (χ3n) is 6.98. The van der Waals surface area contributed by atoms with E-state index >= 15 is 0 Å². The molecule has 3 rings (SSSR count). The maximum Gasteiger partial charge on any atom is 0.314 e. The van der Waals surface area contributed by atoms with Gasteiger partial charge < -0.3 is 4.74 Å². The molecule has 0 unspecified atom stereocenters. The fourth-order valence-corrected chi connectivity index (χ4v) is 5.21. The zero-order chi connectivity index (χ0) is 19.9. The van der Waals surface area contributed by atoms with Crippen LogP contribution in [0.2, 0.25) is 0 Å². The number of halogens is 2. The van der Waals surface area contributed by atoms with E-state index in [2.05, 4.69) is 6.92 Å². The van der Waals surface area contributed by atoms with Crippen LogP contribution in [0.1, 0.15) is 84.0 Å². The normalized spacial score (nSPS) is 28.1. The molecule has 0 amide bonds. The van der Waals surface area contributed by atoms with Crippen molar-refractivity contribution >= 4 is 5.97 Å². The van der Waals surface area contributed by atoms with Crippen LogP contribution >= 0.6 is 0 Å². The number of carbonyl (C=O) groups excluding carboxylic acids is 1. The van der Waals surface area contributed by atoms with E-state index in [1.807, 2.05) is 0 Å². The molecule has 1 aromatic carbocycles. The van der Waals surface area contributed by atoms with Gasteiger partial charge in [-0.25, -0.2) is 8.78 Å². The quantitative estimate of drug-likeness (QED) is 0.282. The third-order valence-corrected chi connectivity index (χ3v) is 6.98. The second kappa shape index (κ2) is 10.4. The van der Waals surface area contributed by atoms with Crippen LogP contribution in [0.15, 0.2) is 18.2 Å². The first kappa shape index (κ1) is 21.3. The highest BCUT2D eigenvalue weighted by atomic mass is 19.1. The van der Waals surface area contributed by atoms with E-state index in [0.29, 0.717) is 0 Å². The number of carbonyl (C=O) groups is 1. The summed E-state index contributed by atoms with van der Waals surface area (Å²) in [4.78, 5) is 12.4. The molecule has 4 heteroatoms. The minimum atomic E-state index is -0.822. The van der Waals surface area contributed by atoms with Gasteiger partial charge in [0.25, 0.3) is 0 Å². The van der Waals surface area contributed by atoms with Gasteiger partial charge in [-0.3, -0.25) is 4.79 Å². The van der Waals surface area contributed by atoms with Crippen molar-refractivity contribution in [3.8, 4) is 5.75 Å². The summed E-state index contributed by atoms with van der Waals surface area (Å²) in [7, 11) is 0. The molecule has 0 bridgehead atoms. The van der Waals surface area contributed by atoms with Crippen molar-refractivity contribution in [1.29, 1.82) is 0 Å². The van der Waals surface area contributed by atoms with Crippen molar-refractivity contribution in [2.24, 2.45) is 23.7 Å². The molecule has 156 valence electrons.